The van der Waals surface area contributed by atoms with Gasteiger partial charge in [-0.1, -0.05) is 22.0 Å². The summed E-state index contributed by atoms with van der Waals surface area (Å²) in [6.07, 6.45) is -4.12. The molecular formula is C13H9BrF4N2O2. The molecule has 0 spiro atoms. The first-order chi connectivity index (χ1) is 10.2. The van der Waals surface area contributed by atoms with Gasteiger partial charge >= 0.3 is 12.0 Å². The Kier molecular flexibility index (Phi) is 4.39. The number of carbonyl (C=O) groups is 1. The molecule has 0 saturated carbocycles. The summed E-state index contributed by atoms with van der Waals surface area (Å²) in [5, 5.41) is 2.43. The summed E-state index contributed by atoms with van der Waals surface area (Å²) in [6, 6.07) is 6.23. The number of ether oxygens (including phenoxy) is 1. The van der Waals surface area contributed by atoms with Gasteiger partial charge in [0.1, 0.15) is 0 Å². The molecule has 0 saturated heterocycles. The Balaban J connectivity index is 2.45. The van der Waals surface area contributed by atoms with Crippen molar-refractivity contribution >= 4 is 38.4 Å². The van der Waals surface area contributed by atoms with Crippen molar-refractivity contribution in [2.75, 3.05) is 12.4 Å². The van der Waals surface area contributed by atoms with Crippen LogP contribution < -0.4 is 5.32 Å². The third kappa shape index (κ3) is 2.91. The van der Waals surface area contributed by atoms with E-state index in [1.54, 1.807) is 18.2 Å². The van der Waals surface area contributed by atoms with Crippen LogP contribution in [0, 0.1) is 0 Å². The molecule has 1 aromatic carbocycles. The van der Waals surface area contributed by atoms with Gasteiger partial charge in [0.05, 0.1) is 11.2 Å². The zero-order valence-electron chi connectivity index (χ0n) is 11.0. The third-order valence-corrected chi connectivity index (χ3v) is 3.31. The maximum Gasteiger partial charge on any atom is 0.458 e. The maximum absolute atomic E-state index is 13.8. The molecule has 1 unspecified atom stereocenters. The summed E-state index contributed by atoms with van der Waals surface area (Å²) in [4.78, 5) is 15.7. The van der Waals surface area contributed by atoms with Crippen LogP contribution in [-0.4, -0.2) is 30.0 Å². The number of halogens is 5. The van der Waals surface area contributed by atoms with Crippen LogP contribution in [0.2, 0.25) is 0 Å². The van der Waals surface area contributed by atoms with Gasteiger partial charge in [-0.05, 0) is 18.2 Å². The van der Waals surface area contributed by atoms with Crippen molar-refractivity contribution in [1.29, 1.82) is 0 Å². The highest BCUT2D eigenvalue weighted by molar-refractivity contribution is 9.10. The van der Waals surface area contributed by atoms with Crippen LogP contribution in [0.1, 0.15) is 0 Å². The van der Waals surface area contributed by atoms with Crippen molar-refractivity contribution in [3.05, 3.63) is 34.9 Å². The SMILES string of the molecule is COC(F)(C(=O)Nc1cc(Br)cc2cccnc12)C(F)(F)F. The minimum atomic E-state index is -5.51. The molecule has 2 rings (SSSR count). The van der Waals surface area contributed by atoms with E-state index >= 15 is 0 Å². The van der Waals surface area contributed by atoms with Gasteiger partial charge in [0.25, 0.3) is 5.91 Å². The summed E-state index contributed by atoms with van der Waals surface area (Å²) in [6.45, 7) is 0. The summed E-state index contributed by atoms with van der Waals surface area (Å²) < 4.78 is 56.0. The lowest BCUT2D eigenvalue weighted by Crippen LogP contribution is -2.52. The number of anilines is 1. The number of nitrogens with one attached hydrogen (secondary N) is 1. The molecule has 1 atom stereocenters. The lowest BCUT2D eigenvalue weighted by Gasteiger charge is -2.25. The zero-order valence-corrected chi connectivity index (χ0v) is 12.6. The van der Waals surface area contributed by atoms with Crippen LogP contribution in [0.5, 0.6) is 0 Å². The van der Waals surface area contributed by atoms with E-state index in [0.717, 1.165) is 0 Å². The molecule has 22 heavy (non-hydrogen) atoms. The van der Waals surface area contributed by atoms with Crippen molar-refractivity contribution in [2.45, 2.75) is 12.0 Å². The lowest BCUT2D eigenvalue weighted by molar-refractivity contribution is -0.305. The first-order valence-corrected chi connectivity index (χ1v) is 6.65. The van der Waals surface area contributed by atoms with Gasteiger partial charge < -0.3 is 10.1 Å². The highest BCUT2D eigenvalue weighted by Gasteiger charge is 2.63. The first kappa shape index (κ1) is 16.6. The number of rotatable bonds is 3. The molecule has 0 aliphatic carbocycles. The highest BCUT2D eigenvalue weighted by atomic mass is 79.9. The van der Waals surface area contributed by atoms with Gasteiger partial charge in [0.15, 0.2) is 0 Å². The van der Waals surface area contributed by atoms with Crippen LogP contribution >= 0.6 is 15.9 Å². The van der Waals surface area contributed by atoms with E-state index in [9.17, 15) is 22.4 Å². The molecular weight excluding hydrogens is 372 g/mol. The summed E-state index contributed by atoms with van der Waals surface area (Å²) >= 11 is 3.15. The Morgan fingerprint density at radius 3 is 2.59 bits per heavy atom. The van der Waals surface area contributed by atoms with E-state index in [1.165, 1.54) is 12.3 Å². The largest absolute Gasteiger partial charge is 0.458 e. The maximum atomic E-state index is 13.8. The number of carbonyl (C=O) groups excluding carboxylic acids is 1. The van der Waals surface area contributed by atoms with E-state index in [-0.39, 0.29) is 11.2 Å². The van der Waals surface area contributed by atoms with Crippen molar-refractivity contribution < 1.29 is 27.1 Å². The highest BCUT2D eigenvalue weighted by Crippen LogP contribution is 2.36. The molecule has 4 nitrogen and oxygen atoms in total. The second-order valence-electron chi connectivity index (χ2n) is 4.28. The predicted molar refractivity (Wildman–Crippen MR) is 75.0 cm³/mol. The second-order valence-corrected chi connectivity index (χ2v) is 5.20. The summed E-state index contributed by atoms with van der Waals surface area (Å²) in [7, 11) is 0.463. The zero-order chi connectivity index (χ0) is 16.5. The second kappa shape index (κ2) is 5.81. The fourth-order valence-corrected chi connectivity index (χ4v) is 2.27. The van der Waals surface area contributed by atoms with Crippen LogP contribution in [0.3, 0.4) is 0 Å². The van der Waals surface area contributed by atoms with Crippen LogP contribution in [0.25, 0.3) is 10.9 Å². The minimum Gasteiger partial charge on any atom is -0.335 e. The van der Waals surface area contributed by atoms with Crippen LogP contribution in [-0.2, 0) is 9.53 Å². The third-order valence-electron chi connectivity index (χ3n) is 2.86. The fourth-order valence-electron chi connectivity index (χ4n) is 1.79. The first-order valence-electron chi connectivity index (χ1n) is 5.85. The number of pyridine rings is 1. The summed E-state index contributed by atoms with van der Waals surface area (Å²) in [5.41, 5.74) is 0.151. The topological polar surface area (TPSA) is 51.2 Å². The van der Waals surface area contributed by atoms with Gasteiger partial charge in [0.2, 0.25) is 0 Å². The molecule has 1 N–H and O–H groups in total. The molecule has 0 aliphatic rings. The van der Waals surface area contributed by atoms with E-state index in [0.29, 0.717) is 17.0 Å². The number of aromatic nitrogens is 1. The van der Waals surface area contributed by atoms with E-state index < -0.39 is 17.9 Å². The number of alkyl halides is 4. The molecule has 1 aromatic heterocycles. The molecule has 9 heteroatoms. The molecule has 1 amide bonds. The molecule has 0 radical (unpaired) electrons. The number of fused-ring (bicyclic) bond motifs is 1. The molecule has 1 heterocycles. The van der Waals surface area contributed by atoms with Crippen molar-refractivity contribution in [2.24, 2.45) is 0 Å². The van der Waals surface area contributed by atoms with E-state index in [1.807, 2.05) is 5.32 Å². The summed E-state index contributed by atoms with van der Waals surface area (Å²) in [5.74, 6) is -6.43. The molecule has 0 aliphatic heterocycles. The van der Waals surface area contributed by atoms with Gasteiger partial charge in [-0.3, -0.25) is 9.78 Å². The van der Waals surface area contributed by atoms with E-state index in [2.05, 4.69) is 25.7 Å². The predicted octanol–water partition coefficient (Wildman–Crippen LogP) is 3.81. The molecule has 118 valence electrons. The lowest BCUT2D eigenvalue weighted by atomic mass is 10.2. The molecule has 2 aromatic rings. The van der Waals surface area contributed by atoms with Gasteiger partial charge in [-0.25, -0.2) is 0 Å². The van der Waals surface area contributed by atoms with Crippen LogP contribution in [0.4, 0.5) is 23.2 Å². The number of hydrogen-bond donors (Lipinski definition) is 1. The monoisotopic (exact) mass is 380 g/mol. The number of nitrogens with zero attached hydrogens (tertiary/aromatic N) is 1. The normalized spacial score (nSPS) is 14.6. The number of benzene rings is 1. The number of amides is 1. The van der Waals surface area contributed by atoms with Gasteiger partial charge in [-0.15, -0.1) is 0 Å². The van der Waals surface area contributed by atoms with Crippen molar-refractivity contribution in [3.63, 3.8) is 0 Å². The van der Waals surface area contributed by atoms with Crippen molar-refractivity contribution in [1.82, 2.24) is 4.98 Å². The minimum absolute atomic E-state index is 0.0710. The Bertz CT molecular complexity index is 723. The quantitative estimate of drug-likeness (QED) is 0.823. The Morgan fingerprint density at radius 1 is 1.32 bits per heavy atom. The average Bonchev–Trinajstić information content (AvgIpc) is 2.44. The Labute approximate surface area is 130 Å². The van der Waals surface area contributed by atoms with E-state index in [4.69, 9.17) is 0 Å². The van der Waals surface area contributed by atoms with Gasteiger partial charge in [0, 0.05) is 23.2 Å². The number of methoxy groups -OCH3 is 1. The average molecular weight is 381 g/mol. The van der Waals surface area contributed by atoms with Gasteiger partial charge in [-0.2, -0.15) is 17.6 Å². The standard InChI is InChI=1S/C13H9BrF4N2O2/c1-22-12(15,13(16,17)18)11(21)20-9-6-8(14)5-7-3-2-4-19-10(7)9/h2-6H,1H3,(H,20,21). The van der Waals surface area contributed by atoms with Crippen LogP contribution in [0.15, 0.2) is 34.9 Å². The fraction of sp³-hybridized carbons (Fsp3) is 0.231. The Hall–Kier alpha value is -1.74. The molecule has 0 fully saturated rings. The Morgan fingerprint density at radius 2 is 2.00 bits per heavy atom. The molecule has 0 bridgehead atoms. The van der Waals surface area contributed by atoms with Crippen molar-refractivity contribution in [3.8, 4) is 0 Å². The smallest absolute Gasteiger partial charge is 0.335 e. The number of hydrogen-bond acceptors (Lipinski definition) is 3.